The molecule has 4 nitrogen and oxygen atoms in total. The van der Waals surface area contributed by atoms with Gasteiger partial charge in [-0.1, -0.05) is 13.8 Å². The van der Waals surface area contributed by atoms with E-state index >= 15 is 0 Å². The fourth-order valence-electron chi connectivity index (χ4n) is 4.24. The largest absolute Gasteiger partial charge is 0.388 e. The summed E-state index contributed by atoms with van der Waals surface area (Å²) in [5.41, 5.74) is 5.18. The quantitative estimate of drug-likeness (QED) is 0.823. The first-order chi connectivity index (χ1) is 11.5. The van der Waals surface area contributed by atoms with Crippen LogP contribution in [0.15, 0.2) is 16.7 Å². The summed E-state index contributed by atoms with van der Waals surface area (Å²) in [5, 5.41) is 10.4. The number of allylic oxidation sites excluding steroid dienone is 1. The van der Waals surface area contributed by atoms with E-state index in [1.807, 2.05) is 0 Å². The van der Waals surface area contributed by atoms with E-state index in [4.69, 9.17) is 0 Å². The molecular formula is C19H25NO3S. The van der Waals surface area contributed by atoms with Crippen LogP contribution in [-0.4, -0.2) is 25.0 Å². The van der Waals surface area contributed by atoms with Crippen LogP contribution in [0.25, 0.3) is 6.08 Å². The summed E-state index contributed by atoms with van der Waals surface area (Å²) in [6.45, 7) is 6.13. The molecule has 2 aliphatic carbocycles. The van der Waals surface area contributed by atoms with Gasteiger partial charge in [-0.3, -0.25) is 0 Å². The van der Waals surface area contributed by atoms with Crippen molar-refractivity contribution in [2.24, 2.45) is 11.8 Å². The average Bonchev–Trinajstić information content (AvgIpc) is 3.28. The van der Waals surface area contributed by atoms with Gasteiger partial charge in [-0.25, -0.2) is 8.42 Å². The van der Waals surface area contributed by atoms with Crippen LogP contribution >= 0.6 is 0 Å². The molecule has 5 heteroatoms. The molecule has 3 aliphatic rings. The number of nitrogens with zero attached hydrogens (tertiary/aromatic N) is 1. The lowest BCUT2D eigenvalue weighted by atomic mass is 9.91. The maximum atomic E-state index is 11.8. The predicted molar refractivity (Wildman–Crippen MR) is 94.3 cm³/mol. The van der Waals surface area contributed by atoms with Gasteiger partial charge in [0.2, 0.25) is 0 Å². The minimum Gasteiger partial charge on any atom is -0.388 e. The molecule has 130 valence electrons. The second kappa shape index (κ2) is 5.88. The molecule has 1 saturated carbocycles. The Labute approximate surface area is 145 Å². The van der Waals surface area contributed by atoms with Crippen molar-refractivity contribution in [2.45, 2.75) is 57.1 Å². The molecule has 0 bridgehead atoms. The Balaban J connectivity index is 1.90. The number of hydrogen-bond acceptors (Lipinski definition) is 4. The molecule has 1 N–H and O–H groups in total. The molecule has 1 atom stereocenters. The minimum absolute atomic E-state index is 0.440. The van der Waals surface area contributed by atoms with Crippen LogP contribution in [0.4, 0.5) is 0 Å². The number of fused-ring (bicyclic) bond motifs is 3. The molecule has 0 saturated heterocycles. The fourth-order valence-corrected chi connectivity index (χ4v) is 4.90. The van der Waals surface area contributed by atoms with E-state index in [1.54, 1.807) is 6.07 Å². The van der Waals surface area contributed by atoms with Gasteiger partial charge in [0.25, 0.3) is 0 Å². The van der Waals surface area contributed by atoms with Crippen molar-refractivity contribution >= 4 is 16.8 Å². The lowest BCUT2D eigenvalue weighted by Gasteiger charge is -2.35. The molecule has 1 fully saturated rings. The Morgan fingerprint density at radius 2 is 2.04 bits per heavy atom. The zero-order valence-electron chi connectivity index (χ0n) is 14.3. The van der Waals surface area contributed by atoms with E-state index in [9.17, 15) is 13.5 Å². The Morgan fingerprint density at radius 3 is 2.67 bits per heavy atom. The van der Waals surface area contributed by atoms with Gasteiger partial charge in [0.1, 0.15) is 0 Å². The first kappa shape index (κ1) is 16.2. The van der Waals surface area contributed by atoms with Crippen LogP contribution in [-0.2, 0) is 23.7 Å². The maximum Gasteiger partial charge on any atom is 0.168 e. The monoisotopic (exact) mass is 347 g/mol. The number of thiol groups is 1. The summed E-state index contributed by atoms with van der Waals surface area (Å²) < 4.78 is 23.7. The molecule has 0 amide bonds. The number of rotatable bonds is 4. The van der Waals surface area contributed by atoms with Crippen LogP contribution in [0.3, 0.4) is 0 Å². The molecular weight excluding hydrogens is 322 g/mol. The number of aliphatic hydroxyl groups excluding tert-OH is 1. The molecule has 1 aromatic carbocycles. The van der Waals surface area contributed by atoms with Gasteiger partial charge in [0.15, 0.2) is 10.7 Å². The summed E-state index contributed by atoms with van der Waals surface area (Å²) >= 11 is 0. The van der Waals surface area contributed by atoms with Crippen LogP contribution < -0.4 is 0 Å². The summed E-state index contributed by atoms with van der Waals surface area (Å²) in [7, 11) is -2.62. The molecule has 0 radical (unpaired) electrons. The standard InChI is InChI=1S/C19H25NO3S/c1-11(2)9-20-10-15-14(8-16(20)12-3-4-12)18(24(22)23)7-13-5-6-17(21)19(13)15/h7-8,11-12,17,21,24H,3-6,9-10H2,1-2H3. The summed E-state index contributed by atoms with van der Waals surface area (Å²) in [6, 6.07) is 1.80. The smallest absolute Gasteiger partial charge is 0.168 e. The van der Waals surface area contributed by atoms with Crippen LogP contribution in [0, 0.1) is 11.8 Å². The number of aliphatic hydroxyl groups is 1. The molecule has 4 rings (SSSR count). The third-order valence-electron chi connectivity index (χ3n) is 5.39. The van der Waals surface area contributed by atoms with E-state index in [-0.39, 0.29) is 0 Å². The summed E-state index contributed by atoms with van der Waals surface area (Å²) in [4.78, 5) is 2.85. The average molecular weight is 347 g/mol. The molecule has 1 aromatic rings. The number of benzene rings is 1. The summed E-state index contributed by atoms with van der Waals surface area (Å²) in [6.07, 6.45) is 5.51. The topological polar surface area (TPSA) is 57.6 Å². The number of hydrogen-bond donors (Lipinski definition) is 2. The lowest BCUT2D eigenvalue weighted by Crippen LogP contribution is -2.31. The lowest BCUT2D eigenvalue weighted by molar-refractivity contribution is 0.177. The van der Waals surface area contributed by atoms with Crippen molar-refractivity contribution in [1.82, 2.24) is 4.90 Å². The van der Waals surface area contributed by atoms with Crippen molar-refractivity contribution in [1.29, 1.82) is 0 Å². The third kappa shape index (κ3) is 2.68. The first-order valence-electron chi connectivity index (χ1n) is 8.93. The minimum atomic E-state index is -2.62. The van der Waals surface area contributed by atoms with Gasteiger partial charge < -0.3 is 10.0 Å². The molecule has 0 aromatic heterocycles. The van der Waals surface area contributed by atoms with Crippen LogP contribution in [0.5, 0.6) is 0 Å². The first-order valence-corrected chi connectivity index (χ1v) is 10.1. The van der Waals surface area contributed by atoms with Gasteiger partial charge in [0, 0.05) is 18.8 Å². The van der Waals surface area contributed by atoms with Gasteiger partial charge >= 0.3 is 0 Å². The van der Waals surface area contributed by atoms with Crippen molar-refractivity contribution in [3.05, 3.63) is 34.0 Å². The molecule has 1 unspecified atom stereocenters. The highest BCUT2D eigenvalue weighted by Gasteiger charge is 2.36. The van der Waals surface area contributed by atoms with E-state index in [0.717, 1.165) is 41.8 Å². The van der Waals surface area contributed by atoms with E-state index in [0.29, 0.717) is 23.2 Å². The van der Waals surface area contributed by atoms with Crippen LogP contribution in [0.2, 0.25) is 0 Å². The molecule has 0 spiro atoms. The zero-order chi connectivity index (χ0) is 17.0. The van der Waals surface area contributed by atoms with E-state index < -0.39 is 16.8 Å². The maximum absolute atomic E-state index is 11.8. The SMILES string of the molecule is CC(C)CN1Cc2c(c([SH](=O)=O)cc3c2C(O)CC3)C=C1C1CC1. The Kier molecular flexibility index (Phi) is 3.96. The predicted octanol–water partition coefficient (Wildman–Crippen LogP) is 2.86. The van der Waals surface area contributed by atoms with Gasteiger partial charge in [-0.05, 0) is 71.9 Å². The Hall–Kier alpha value is -1.33. The molecule has 24 heavy (non-hydrogen) atoms. The highest BCUT2D eigenvalue weighted by Crippen LogP contribution is 2.46. The number of aryl methyl sites for hydroxylation is 1. The molecule has 1 heterocycles. The fraction of sp³-hybridized carbons (Fsp3) is 0.579. The van der Waals surface area contributed by atoms with Gasteiger partial charge in [-0.2, -0.15) is 0 Å². The normalized spacial score (nSPS) is 22.8. The Bertz CT molecular complexity index is 782. The van der Waals surface area contributed by atoms with Gasteiger partial charge in [-0.15, -0.1) is 0 Å². The van der Waals surface area contributed by atoms with E-state index in [2.05, 4.69) is 24.8 Å². The highest BCUT2D eigenvalue weighted by molar-refractivity contribution is 7.72. The third-order valence-corrected chi connectivity index (χ3v) is 6.15. The van der Waals surface area contributed by atoms with Crippen LogP contribution in [0.1, 0.15) is 61.5 Å². The van der Waals surface area contributed by atoms with E-state index in [1.165, 1.54) is 18.5 Å². The van der Waals surface area contributed by atoms with Crippen molar-refractivity contribution in [3.8, 4) is 0 Å². The van der Waals surface area contributed by atoms with Crippen molar-refractivity contribution < 1.29 is 13.5 Å². The summed E-state index contributed by atoms with van der Waals surface area (Å²) in [5.74, 6) is 1.12. The zero-order valence-corrected chi connectivity index (χ0v) is 15.2. The second-order valence-electron chi connectivity index (χ2n) is 7.79. The van der Waals surface area contributed by atoms with Gasteiger partial charge in [0.05, 0.1) is 11.0 Å². The van der Waals surface area contributed by atoms with Crippen molar-refractivity contribution in [3.63, 3.8) is 0 Å². The Morgan fingerprint density at radius 1 is 1.29 bits per heavy atom. The molecule has 1 aliphatic heterocycles. The second-order valence-corrected chi connectivity index (χ2v) is 8.79. The van der Waals surface area contributed by atoms with Crippen molar-refractivity contribution in [2.75, 3.05) is 6.54 Å². The highest BCUT2D eigenvalue weighted by atomic mass is 32.2.